The molecule has 1 aromatic rings. The van der Waals surface area contributed by atoms with Gasteiger partial charge in [-0.3, -0.25) is 4.79 Å². The lowest BCUT2D eigenvalue weighted by atomic mass is 9.96. The average Bonchev–Trinajstić information content (AvgIpc) is 2.88. The SMILES string of the molecule is CCCCCCCCCCCCCCCCCC(=O)Nc1ccc(NC(=O)NC2CCCCC2)cc1. The van der Waals surface area contributed by atoms with Crippen LogP contribution < -0.4 is 16.0 Å². The third-order valence-electron chi connectivity index (χ3n) is 7.37. The smallest absolute Gasteiger partial charge is 0.319 e. The molecule has 3 amide bonds. The lowest BCUT2D eigenvalue weighted by Gasteiger charge is -2.22. The molecule has 0 aliphatic heterocycles. The summed E-state index contributed by atoms with van der Waals surface area (Å²) in [5, 5.41) is 8.92. The molecule has 0 atom stereocenters. The van der Waals surface area contributed by atoms with Gasteiger partial charge in [-0.1, -0.05) is 116 Å². The molecule has 0 radical (unpaired) electrons. The Labute approximate surface area is 221 Å². The van der Waals surface area contributed by atoms with E-state index in [-0.39, 0.29) is 18.0 Å². The number of carbonyl (C=O) groups excluding carboxylic acids is 2. The fourth-order valence-corrected chi connectivity index (χ4v) is 5.12. The Hall–Kier alpha value is -2.04. The van der Waals surface area contributed by atoms with E-state index in [0.29, 0.717) is 6.42 Å². The number of nitrogens with one attached hydrogen (secondary N) is 3. The molecule has 1 aliphatic rings. The third kappa shape index (κ3) is 15.2. The molecule has 0 bridgehead atoms. The van der Waals surface area contributed by atoms with E-state index in [0.717, 1.165) is 37.1 Å². The molecule has 36 heavy (non-hydrogen) atoms. The summed E-state index contributed by atoms with van der Waals surface area (Å²) in [6, 6.07) is 7.51. The number of hydrogen-bond acceptors (Lipinski definition) is 2. The second-order valence-electron chi connectivity index (χ2n) is 10.8. The first kappa shape index (κ1) is 30.2. The maximum Gasteiger partial charge on any atom is 0.319 e. The zero-order valence-corrected chi connectivity index (χ0v) is 23.1. The monoisotopic (exact) mass is 499 g/mol. The van der Waals surface area contributed by atoms with E-state index < -0.39 is 0 Å². The number of carbonyl (C=O) groups is 2. The highest BCUT2D eigenvalue weighted by Crippen LogP contribution is 2.19. The average molecular weight is 500 g/mol. The van der Waals surface area contributed by atoms with Crippen molar-refractivity contribution < 1.29 is 9.59 Å². The summed E-state index contributed by atoms with van der Waals surface area (Å²) in [4.78, 5) is 24.4. The zero-order chi connectivity index (χ0) is 25.7. The molecule has 1 aromatic carbocycles. The summed E-state index contributed by atoms with van der Waals surface area (Å²) in [5.41, 5.74) is 1.52. The number of anilines is 2. The van der Waals surface area contributed by atoms with E-state index in [4.69, 9.17) is 0 Å². The van der Waals surface area contributed by atoms with Gasteiger partial charge >= 0.3 is 6.03 Å². The molecule has 2 rings (SSSR count). The van der Waals surface area contributed by atoms with Gasteiger partial charge in [-0.05, 0) is 43.5 Å². The van der Waals surface area contributed by atoms with Crippen LogP contribution in [0.4, 0.5) is 16.2 Å². The minimum atomic E-state index is -0.146. The molecule has 3 N–H and O–H groups in total. The number of amides is 3. The molecule has 5 nitrogen and oxygen atoms in total. The summed E-state index contributed by atoms with van der Waals surface area (Å²) in [5.74, 6) is 0.0699. The van der Waals surface area contributed by atoms with Crippen LogP contribution in [0.2, 0.25) is 0 Å². The highest BCUT2D eigenvalue weighted by Gasteiger charge is 2.15. The Kier molecular flexibility index (Phi) is 16.8. The van der Waals surface area contributed by atoms with Crippen LogP contribution in [0.25, 0.3) is 0 Å². The molecule has 0 aromatic heterocycles. The fraction of sp³-hybridized carbons (Fsp3) is 0.742. The molecule has 1 saturated carbocycles. The van der Waals surface area contributed by atoms with E-state index in [1.807, 2.05) is 24.3 Å². The third-order valence-corrected chi connectivity index (χ3v) is 7.37. The highest BCUT2D eigenvalue weighted by molar-refractivity contribution is 5.92. The van der Waals surface area contributed by atoms with Gasteiger partial charge in [-0.25, -0.2) is 4.79 Å². The van der Waals surface area contributed by atoms with Gasteiger partial charge in [0, 0.05) is 23.8 Å². The van der Waals surface area contributed by atoms with Gasteiger partial charge in [-0.2, -0.15) is 0 Å². The van der Waals surface area contributed by atoms with Gasteiger partial charge in [-0.15, -0.1) is 0 Å². The lowest BCUT2D eigenvalue weighted by molar-refractivity contribution is -0.116. The van der Waals surface area contributed by atoms with Gasteiger partial charge in [0.2, 0.25) is 5.91 Å². The molecule has 5 heteroatoms. The topological polar surface area (TPSA) is 70.2 Å². The standard InChI is InChI=1S/C31H53N3O2/c1-2-3-4-5-6-7-8-9-10-11-12-13-14-15-19-22-30(35)32-28-23-25-29(26-24-28)34-31(36)33-27-20-17-16-18-21-27/h23-27H,2-22H2,1H3,(H,32,35)(H2,33,34,36). The van der Waals surface area contributed by atoms with Crippen LogP contribution in [-0.2, 0) is 4.79 Å². The van der Waals surface area contributed by atoms with E-state index >= 15 is 0 Å². The molecule has 0 spiro atoms. The Morgan fingerprint density at radius 3 is 1.58 bits per heavy atom. The second kappa shape index (κ2) is 20.1. The van der Waals surface area contributed by atoms with E-state index in [1.165, 1.54) is 103 Å². The van der Waals surface area contributed by atoms with Crippen molar-refractivity contribution in [2.45, 2.75) is 148 Å². The first-order chi connectivity index (χ1) is 17.7. The van der Waals surface area contributed by atoms with Crippen LogP contribution in [0.3, 0.4) is 0 Å². The maximum absolute atomic E-state index is 12.2. The van der Waals surface area contributed by atoms with Crippen molar-refractivity contribution in [3.05, 3.63) is 24.3 Å². The van der Waals surface area contributed by atoms with Crippen molar-refractivity contribution in [2.24, 2.45) is 0 Å². The largest absolute Gasteiger partial charge is 0.335 e. The summed E-state index contributed by atoms with van der Waals surface area (Å²) in [7, 11) is 0. The fourth-order valence-electron chi connectivity index (χ4n) is 5.12. The van der Waals surface area contributed by atoms with Crippen molar-refractivity contribution in [1.82, 2.24) is 5.32 Å². The first-order valence-electron chi connectivity index (χ1n) is 15.1. The van der Waals surface area contributed by atoms with Crippen molar-refractivity contribution in [2.75, 3.05) is 10.6 Å². The molecule has 0 unspecified atom stereocenters. The molecule has 204 valence electrons. The highest BCUT2D eigenvalue weighted by atomic mass is 16.2. The Morgan fingerprint density at radius 2 is 1.08 bits per heavy atom. The van der Waals surface area contributed by atoms with Crippen molar-refractivity contribution in [3.8, 4) is 0 Å². The number of benzene rings is 1. The Morgan fingerprint density at radius 1 is 0.639 bits per heavy atom. The van der Waals surface area contributed by atoms with Crippen LogP contribution in [0.5, 0.6) is 0 Å². The van der Waals surface area contributed by atoms with Gasteiger partial charge in [0.1, 0.15) is 0 Å². The molecule has 0 saturated heterocycles. The van der Waals surface area contributed by atoms with Crippen molar-refractivity contribution >= 4 is 23.3 Å². The number of hydrogen-bond donors (Lipinski definition) is 3. The van der Waals surface area contributed by atoms with E-state index in [9.17, 15) is 9.59 Å². The Bertz CT molecular complexity index is 698. The van der Waals surface area contributed by atoms with Crippen LogP contribution in [0.1, 0.15) is 142 Å². The van der Waals surface area contributed by atoms with Crippen LogP contribution in [0, 0.1) is 0 Å². The number of unbranched alkanes of at least 4 members (excludes halogenated alkanes) is 14. The molecule has 0 heterocycles. The van der Waals surface area contributed by atoms with Gasteiger partial charge < -0.3 is 16.0 Å². The van der Waals surface area contributed by atoms with Crippen molar-refractivity contribution in [3.63, 3.8) is 0 Å². The number of urea groups is 1. The predicted molar refractivity (Wildman–Crippen MR) is 154 cm³/mol. The lowest BCUT2D eigenvalue weighted by Crippen LogP contribution is -2.38. The summed E-state index contributed by atoms with van der Waals surface area (Å²) < 4.78 is 0. The summed E-state index contributed by atoms with van der Waals surface area (Å²) >= 11 is 0. The van der Waals surface area contributed by atoms with Crippen LogP contribution >= 0.6 is 0 Å². The normalized spacial score (nSPS) is 13.9. The molecule has 1 aliphatic carbocycles. The van der Waals surface area contributed by atoms with E-state index in [1.54, 1.807) is 0 Å². The Balaban J connectivity index is 1.42. The molecular formula is C31H53N3O2. The van der Waals surface area contributed by atoms with Gasteiger partial charge in [0.15, 0.2) is 0 Å². The zero-order valence-electron chi connectivity index (χ0n) is 23.1. The quantitative estimate of drug-likeness (QED) is 0.166. The van der Waals surface area contributed by atoms with Crippen molar-refractivity contribution in [1.29, 1.82) is 0 Å². The van der Waals surface area contributed by atoms with E-state index in [2.05, 4.69) is 22.9 Å². The van der Waals surface area contributed by atoms with Gasteiger partial charge in [0.05, 0.1) is 0 Å². The van der Waals surface area contributed by atoms with Crippen LogP contribution in [-0.4, -0.2) is 18.0 Å². The minimum Gasteiger partial charge on any atom is -0.335 e. The number of rotatable bonds is 19. The van der Waals surface area contributed by atoms with Gasteiger partial charge in [0.25, 0.3) is 0 Å². The second-order valence-corrected chi connectivity index (χ2v) is 10.8. The molecule has 1 fully saturated rings. The maximum atomic E-state index is 12.2. The minimum absolute atomic E-state index is 0.0699. The summed E-state index contributed by atoms with van der Waals surface area (Å²) in [6.45, 7) is 2.28. The first-order valence-corrected chi connectivity index (χ1v) is 15.1. The predicted octanol–water partition coefficient (Wildman–Crippen LogP) is 9.34. The molecular weight excluding hydrogens is 446 g/mol. The summed E-state index contributed by atoms with van der Waals surface area (Å²) in [6.07, 6.45) is 26.3. The van der Waals surface area contributed by atoms with Crippen LogP contribution in [0.15, 0.2) is 24.3 Å².